The fraction of sp³-hybridized carbons (Fsp3) is 0.625. The van der Waals surface area contributed by atoms with Crippen LogP contribution in [0.5, 0.6) is 5.75 Å². The van der Waals surface area contributed by atoms with Crippen molar-refractivity contribution in [1.29, 1.82) is 0 Å². The predicted molar refractivity (Wildman–Crippen MR) is 77.5 cm³/mol. The SMILES string of the molecule is COc1c(F)cccc1CN(C)C1CCOC(C)(C)C1. The number of nitrogens with zero attached hydrogens (tertiary/aromatic N) is 1. The van der Waals surface area contributed by atoms with Crippen LogP contribution < -0.4 is 4.74 Å². The molecule has 0 N–H and O–H groups in total. The van der Waals surface area contributed by atoms with Crippen LogP contribution >= 0.6 is 0 Å². The zero-order valence-corrected chi connectivity index (χ0v) is 12.8. The molecular formula is C16H24FNO2. The molecule has 0 amide bonds. The van der Waals surface area contributed by atoms with Crippen LogP contribution in [-0.2, 0) is 11.3 Å². The summed E-state index contributed by atoms with van der Waals surface area (Å²) in [5, 5.41) is 0. The lowest BCUT2D eigenvalue weighted by Gasteiger charge is -2.40. The third-order valence-electron chi connectivity index (χ3n) is 3.97. The van der Waals surface area contributed by atoms with Gasteiger partial charge in [0.25, 0.3) is 0 Å². The van der Waals surface area contributed by atoms with Crippen molar-refractivity contribution in [3.8, 4) is 5.75 Å². The smallest absolute Gasteiger partial charge is 0.165 e. The molecule has 20 heavy (non-hydrogen) atoms. The summed E-state index contributed by atoms with van der Waals surface area (Å²) in [7, 11) is 3.59. The Bertz CT molecular complexity index is 462. The van der Waals surface area contributed by atoms with E-state index >= 15 is 0 Å². The Balaban J connectivity index is 2.08. The van der Waals surface area contributed by atoms with Crippen molar-refractivity contribution in [2.75, 3.05) is 20.8 Å². The van der Waals surface area contributed by atoms with Gasteiger partial charge in [-0.05, 0) is 39.8 Å². The molecule has 112 valence electrons. The summed E-state index contributed by atoms with van der Waals surface area (Å²) in [6, 6.07) is 5.53. The van der Waals surface area contributed by atoms with Gasteiger partial charge in [0.05, 0.1) is 12.7 Å². The Kier molecular flexibility index (Phi) is 4.66. The van der Waals surface area contributed by atoms with Crippen LogP contribution in [0.15, 0.2) is 18.2 Å². The van der Waals surface area contributed by atoms with E-state index in [4.69, 9.17) is 9.47 Å². The van der Waals surface area contributed by atoms with Crippen molar-refractivity contribution in [2.24, 2.45) is 0 Å². The summed E-state index contributed by atoms with van der Waals surface area (Å²) in [6.45, 7) is 5.70. The van der Waals surface area contributed by atoms with Crippen molar-refractivity contribution >= 4 is 0 Å². The highest BCUT2D eigenvalue weighted by molar-refractivity contribution is 5.34. The highest BCUT2D eigenvalue weighted by Gasteiger charge is 2.31. The average Bonchev–Trinajstić information content (AvgIpc) is 2.38. The zero-order chi connectivity index (χ0) is 14.8. The number of hydrogen-bond donors (Lipinski definition) is 0. The minimum atomic E-state index is -0.300. The number of para-hydroxylation sites is 1. The normalized spacial score (nSPS) is 22.0. The van der Waals surface area contributed by atoms with Crippen molar-refractivity contribution in [3.05, 3.63) is 29.6 Å². The quantitative estimate of drug-likeness (QED) is 0.846. The molecule has 2 rings (SSSR count). The van der Waals surface area contributed by atoms with E-state index < -0.39 is 0 Å². The molecule has 1 unspecified atom stereocenters. The Hall–Kier alpha value is -1.13. The van der Waals surface area contributed by atoms with Crippen LogP contribution in [0.1, 0.15) is 32.3 Å². The third kappa shape index (κ3) is 3.49. The molecule has 0 saturated carbocycles. The van der Waals surface area contributed by atoms with Gasteiger partial charge >= 0.3 is 0 Å². The summed E-state index contributed by atoms with van der Waals surface area (Å²) >= 11 is 0. The molecule has 0 radical (unpaired) electrons. The number of benzene rings is 1. The number of methoxy groups -OCH3 is 1. The van der Waals surface area contributed by atoms with Gasteiger partial charge in [-0.15, -0.1) is 0 Å². The first-order valence-electron chi connectivity index (χ1n) is 7.08. The van der Waals surface area contributed by atoms with Crippen LogP contribution in [0.2, 0.25) is 0 Å². The number of rotatable bonds is 4. The van der Waals surface area contributed by atoms with Gasteiger partial charge in [0, 0.05) is 24.8 Å². The van der Waals surface area contributed by atoms with Gasteiger partial charge in [-0.25, -0.2) is 4.39 Å². The van der Waals surface area contributed by atoms with Gasteiger partial charge in [-0.3, -0.25) is 4.90 Å². The number of halogens is 1. The number of hydrogen-bond acceptors (Lipinski definition) is 3. The first-order valence-corrected chi connectivity index (χ1v) is 7.08. The first-order chi connectivity index (χ1) is 9.43. The molecule has 1 fully saturated rings. The highest BCUT2D eigenvalue weighted by atomic mass is 19.1. The Morgan fingerprint density at radius 1 is 1.45 bits per heavy atom. The first kappa shape index (κ1) is 15.3. The minimum Gasteiger partial charge on any atom is -0.493 e. The molecule has 1 aromatic rings. The van der Waals surface area contributed by atoms with Crippen LogP contribution in [0.25, 0.3) is 0 Å². The lowest BCUT2D eigenvalue weighted by molar-refractivity contribution is -0.0810. The van der Waals surface area contributed by atoms with Crippen LogP contribution in [0, 0.1) is 5.82 Å². The average molecular weight is 281 g/mol. The summed E-state index contributed by atoms with van der Waals surface area (Å²) in [5.74, 6) is 0.0522. The van der Waals surface area contributed by atoms with E-state index in [-0.39, 0.29) is 11.4 Å². The monoisotopic (exact) mass is 281 g/mol. The summed E-state index contributed by atoms with van der Waals surface area (Å²) in [4.78, 5) is 2.27. The lowest BCUT2D eigenvalue weighted by Crippen LogP contribution is -2.44. The van der Waals surface area contributed by atoms with Crippen LogP contribution in [0.3, 0.4) is 0 Å². The molecule has 0 bridgehead atoms. The van der Waals surface area contributed by atoms with E-state index in [9.17, 15) is 4.39 Å². The van der Waals surface area contributed by atoms with E-state index in [1.54, 1.807) is 6.07 Å². The molecule has 1 aliphatic heterocycles. The highest BCUT2D eigenvalue weighted by Crippen LogP contribution is 2.29. The van der Waals surface area contributed by atoms with Gasteiger partial charge in [-0.1, -0.05) is 12.1 Å². The van der Waals surface area contributed by atoms with E-state index in [2.05, 4.69) is 25.8 Å². The molecule has 1 atom stereocenters. The van der Waals surface area contributed by atoms with Crippen LogP contribution in [-0.4, -0.2) is 37.3 Å². The molecule has 0 aromatic heterocycles. The maximum atomic E-state index is 13.7. The second kappa shape index (κ2) is 6.10. The Morgan fingerprint density at radius 3 is 2.85 bits per heavy atom. The second-order valence-electron chi connectivity index (χ2n) is 6.10. The molecule has 1 aliphatic rings. The minimum absolute atomic E-state index is 0.0802. The van der Waals surface area contributed by atoms with Gasteiger partial charge in [-0.2, -0.15) is 0 Å². The molecule has 3 nitrogen and oxygen atoms in total. The van der Waals surface area contributed by atoms with Crippen molar-refractivity contribution in [1.82, 2.24) is 4.90 Å². The van der Waals surface area contributed by atoms with Gasteiger partial charge in [0.15, 0.2) is 11.6 Å². The third-order valence-corrected chi connectivity index (χ3v) is 3.97. The molecule has 1 heterocycles. The fourth-order valence-corrected chi connectivity index (χ4v) is 2.88. The maximum Gasteiger partial charge on any atom is 0.165 e. The van der Waals surface area contributed by atoms with Crippen molar-refractivity contribution < 1.29 is 13.9 Å². The standard InChI is InChI=1S/C16H24FNO2/c1-16(2)10-13(8-9-20-16)18(3)11-12-6-5-7-14(17)15(12)19-4/h5-7,13H,8-11H2,1-4H3. The van der Waals surface area contributed by atoms with Gasteiger partial charge < -0.3 is 9.47 Å². The van der Waals surface area contributed by atoms with E-state index in [0.717, 1.165) is 25.0 Å². The maximum absolute atomic E-state index is 13.7. The van der Waals surface area contributed by atoms with E-state index in [1.807, 2.05) is 6.07 Å². The topological polar surface area (TPSA) is 21.7 Å². The second-order valence-corrected chi connectivity index (χ2v) is 6.10. The Labute approximate surface area is 120 Å². The van der Waals surface area contributed by atoms with Crippen LogP contribution in [0.4, 0.5) is 4.39 Å². The number of ether oxygens (including phenoxy) is 2. The summed E-state index contributed by atoms with van der Waals surface area (Å²) in [6.07, 6.45) is 2.00. The van der Waals surface area contributed by atoms with E-state index in [0.29, 0.717) is 18.3 Å². The molecule has 0 spiro atoms. The molecule has 4 heteroatoms. The Morgan fingerprint density at radius 2 is 2.20 bits per heavy atom. The molecule has 0 aliphatic carbocycles. The molecule has 1 aromatic carbocycles. The van der Waals surface area contributed by atoms with Crippen molar-refractivity contribution in [3.63, 3.8) is 0 Å². The van der Waals surface area contributed by atoms with E-state index in [1.165, 1.54) is 13.2 Å². The summed E-state index contributed by atoms with van der Waals surface area (Å²) in [5.41, 5.74) is 0.808. The largest absolute Gasteiger partial charge is 0.493 e. The fourth-order valence-electron chi connectivity index (χ4n) is 2.88. The van der Waals surface area contributed by atoms with Gasteiger partial charge in [0.2, 0.25) is 0 Å². The zero-order valence-electron chi connectivity index (χ0n) is 12.8. The molecular weight excluding hydrogens is 257 g/mol. The summed E-state index contributed by atoms with van der Waals surface area (Å²) < 4.78 is 24.6. The van der Waals surface area contributed by atoms with Gasteiger partial charge in [0.1, 0.15) is 0 Å². The lowest BCUT2D eigenvalue weighted by atomic mass is 9.93. The predicted octanol–water partition coefficient (Wildman–Crippen LogP) is 3.22. The van der Waals surface area contributed by atoms with Crippen molar-refractivity contribution in [2.45, 2.75) is 44.9 Å². The molecule has 1 saturated heterocycles.